The minimum Gasteiger partial charge on any atom is -0.316 e. The fourth-order valence-electron chi connectivity index (χ4n) is 1.75. The van der Waals surface area contributed by atoms with Gasteiger partial charge in [-0.1, -0.05) is 41.5 Å². The Kier molecular flexibility index (Phi) is 5.14. The van der Waals surface area contributed by atoms with E-state index in [1.807, 2.05) is 0 Å². The molecule has 1 atom stereocenters. The third-order valence-electron chi connectivity index (χ3n) is 3.39. The molecular formula is C13H29N. The van der Waals surface area contributed by atoms with E-state index in [4.69, 9.17) is 0 Å². The van der Waals surface area contributed by atoms with E-state index in [0.717, 1.165) is 0 Å². The largest absolute Gasteiger partial charge is 0.316 e. The fraction of sp³-hybridized carbons (Fsp3) is 1.00. The van der Waals surface area contributed by atoms with E-state index in [-0.39, 0.29) is 0 Å². The molecule has 0 saturated heterocycles. The molecule has 0 fully saturated rings. The van der Waals surface area contributed by atoms with Crippen molar-refractivity contribution in [2.75, 3.05) is 7.05 Å². The Labute approximate surface area is 90.7 Å². The van der Waals surface area contributed by atoms with E-state index in [0.29, 0.717) is 16.9 Å². The molecule has 1 N–H and O–H groups in total. The van der Waals surface area contributed by atoms with Gasteiger partial charge in [0.2, 0.25) is 0 Å². The van der Waals surface area contributed by atoms with Crippen LogP contribution in [0.5, 0.6) is 0 Å². The maximum absolute atomic E-state index is 3.47. The number of rotatable bonds is 5. The Morgan fingerprint density at radius 2 is 1.57 bits per heavy atom. The molecule has 1 unspecified atom stereocenters. The van der Waals surface area contributed by atoms with E-state index >= 15 is 0 Å². The Balaban J connectivity index is 4.17. The monoisotopic (exact) mass is 199 g/mol. The van der Waals surface area contributed by atoms with E-state index in [2.05, 4.69) is 53.9 Å². The molecule has 0 spiro atoms. The molecule has 86 valence electrons. The summed E-state index contributed by atoms with van der Waals surface area (Å²) in [6, 6.07) is 0.645. The molecule has 0 radical (unpaired) electrons. The Morgan fingerprint density at radius 3 is 1.86 bits per heavy atom. The third-order valence-corrected chi connectivity index (χ3v) is 3.39. The highest BCUT2D eigenvalue weighted by Crippen LogP contribution is 2.31. The van der Waals surface area contributed by atoms with Crippen LogP contribution in [-0.2, 0) is 0 Å². The van der Waals surface area contributed by atoms with Crippen molar-refractivity contribution in [1.82, 2.24) is 5.32 Å². The second-order valence-corrected chi connectivity index (χ2v) is 6.28. The van der Waals surface area contributed by atoms with E-state index < -0.39 is 0 Å². The first kappa shape index (κ1) is 14.0. The Bertz CT molecular complexity index is 153. The number of hydrogen-bond acceptors (Lipinski definition) is 1. The zero-order chi connectivity index (χ0) is 11.4. The van der Waals surface area contributed by atoms with Crippen molar-refractivity contribution in [3.8, 4) is 0 Å². The topological polar surface area (TPSA) is 12.0 Å². The number of hydrogen-bond donors (Lipinski definition) is 1. The SMILES string of the molecule is CCC(C)(C)C(CCC(C)(C)C)NC. The van der Waals surface area contributed by atoms with Gasteiger partial charge in [-0.3, -0.25) is 0 Å². The smallest absolute Gasteiger partial charge is 0.0115 e. The molecule has 1 heteroatoms. The van der Waals surface area contributed by atoms with Crippen molar-refractivity contribution >= 4 is 0 Å². The molecule has 14 heavy (non-hydrogen) atoms. The standard InChI is InChI=1S/C13H29N/c1-8-13(5,6)11(14-7)9-10-12(2,3)4/h11,14H,8-10H2,1-7H3. The predicted molar refractivity (Wildman–Crippen MR) is 65.6 cm³/mol. The van der Waals surface area contributed by atoms with Crippen LogP contribution in [0.25, 0.3) is 0 Å². The summed E-state index contributed by atoms with van der Waals surface area (Å²) in [6.07, 6.45) is 3.81. The highest BCUT2D eigenvalue weighted by atomic mass is 14.9. The molecular weight excluding hydrogens is 170 g/mol. The molecule has 0 aliphatic rings. The normalized spacial score (nSPS) is 15.6. The van der Waals surface area contributed by atoms with E-state index in [9.17, 15) is 0 Å². The summed E-state index contributed by atoms with van der Waals surface area (Å²) in [4.78, 5) is 0. The van der Waals surface area contributed by atoms with Gasteiger partial charge in [0, 0.05) is 6.04 Å². The Hall–Kier alpha value is -0.0400. The first-order valence-electron chi connectivity index (χ1n) is 5.90. The average Bonchev–Trinajstić information content (AvgIpc) is 2.03. The molecule has 0 aromatic carbocycles. The maximum Gasteiger partial charge on any atom is 0.0115 e. The van der Waals surface area contributed by atoms with Gasteiger partial charge in [0.1, 0.15) is 0 Å². The zero-order valence-electron chi connectivity index (χ0n) is 11.2. The van der Waals surface area contributed by atoms with Crippen LogP contribution in [0.1, 0.15) is 60.8 Å². The van der Waals surface area contributed by atoms with Gasteiger partial charge in [0.05, 0.1) is 0 Å². The molecule has 0 aromatic rings. The summed E-state index contributed by atoms with van der Waals surface area (Å²) in [5.74, 6) is 0. The lowest BCUT2D eigenvalue weighted by Gasteiger charge is -2.35. The summed E-state index contributed by atoms with van der Waals surface area (Å²) >= 11 is 0. The summed E-state index contributed by atoms with van der Waals surface area (Å²) in [5.41, 5.74) is 0.874. The fourth-order valence-corrected chi connectivity index (χ4v) is 1.75. The lowest BCUT2D eigenvalue weighted by atomic mass is 9.77. The number of nitrogens with one attached hydrogen (secondary N) is 1. The van der Waals surface area contributed by atoms with Crippen LogP contribution in [-0.4, -0.2) is 13.1 Å². The van der Waals surface area contributed by atoms with Crippen LogP contribution in [0.15, 0.2) is 0 Å². The summed E-state index contributed by atoms with van der Waals surface area (Å²) in [6.45, 7) is 13.9. The molecule has 0 heterocycles. The highest BCUT2D eigenvalue weighted by Gasteiger charge is 2.27. The quantitative estimate of drug-likeness (QED) is 0.709. The Morgan fingerprint density at radius 1 is 1.07 bits per heavy atom. The van der Waals surface area contributed by atoms with Crippen molar-refractivity contribution in [3.63, 3.8) is 0 Å². The molecule has 0 amide bonds. The summed E-state index contributed by atoms with van der Waals surface area (Å²) in [5, 5.41) is 3.47. The molecule has 0 aromatic heterocycles. The van der Waals surface area contributed by atoms with Crippen LogP contribution in [0.2, 0.25) is 0 Å². The van der Waals surface area contributed by atoms with Gasteiger partial charge in [-0.2, -0.15) is 0 Å². The van der Waals surface area contributed by atoms with Crippen molar-refractivity contribution < 1.29 is 0 Å². The van der Waals surface area contributed by atoms with Gasteiger partial charge in [0.25, 0.3) is 0 Å². The van der Waals surface area contributed by atoms with Gasteiger partial charge in [-0.15, -0.1) is 0 Å². The zero-order valence-corrected chi connectivity index (χ0v) is 11.2. The second kappa shape index (κ2) is 5.16. The summed E-state index contributed by atoms with van der Waals surface area (Å²) < 4.78 is 0. The van der Waals surface area contributed by atoms with E-state index in [1.165, 1.54) is 19.3 Å². The maximum atomic E-state index is 3.47. The minimum atomic E-state index is 0.417. The van der Waals surface area contributed by atoms with Crippen LogP contribution in [0.4, 0.5) is 0 Å². The van der Waals surface area contributed by atoms with Crippen LogP contribution >= 0.6 is 0 Å². The van der Waals surface area contributed by atoms with E-state index in [1.54, 1.807) is 0 Å². The minimum absolute atomic E-state index is 0.417. The van der Waals surface area contributed by atoms with Gasteiger partial charge in [-0.25, -0.2) is 0 Å². The average molecular weight is 199 g/mol. The summed E-state index contributed by atoms with van der Waals surface area (Å²) in [7, 11) is 2.09. The molecule has 0 saturated carbocycles. The van der Waals surface area contributed by atoms with Crippen LogP contribution < -0.4 is 5.32 Å². The molecule has 0 aliphatic heterocycles. The first-order chi connectivity index (χ1) is 6.23. The van der Waals surface area contributed by atoms with Crippen LogP contribution in [0, 0.1) is 10.8 Å². The van der Waals surface area contributed by atoms with Gasteiger partial charge < -0.3 is 5.32 Å². The van der Waals surface area contributed by atoms with Crippen molar-refractivity contribution in [1.29, 1.82) is 0 Å². The highest BCUT2D eigenvalue weighted by molar-refractivity contribution is 4.83. The van der Waals surface area contributed by atoms with Gasteiger partial charge in [-0.05, 0) is 37.1 Å². The molecule has 0 bridgehead atoms. The van der Waals surface area contributed by atoms with Crippen molar-refractivity contribution in [3.05, 3.63) is 0 Å². The lowest BCUT2D eigenvalue weighted by Crippen LogP contribution is -2.40. The second-order valence-electron chi connectivity index (χ2n) is 6.28. The third kappa shape index (κ3) is 4.99. The van der Waals surface area contributed by atoms with Gasteiger partial charge >= 0.3 is 0 Å². The van der Waals surface area contributed by atoms with Gasteiger partial charge in [0.15, 0.2) is 0 Å². The van der Waals surface area contributed by atoms with Crippen molar-refractivity contribution in [2.45, 2.75) is 66.8 Å². The predicted octanol–water partition coefficient (Wildman–Crippen LogP) is 3.84. The lowest BCUT2D eigenvalue weighted by molar-refractivity contribution is 0.205. The molecule has 0 rings (SSSR count). The van der Waals surface area contributed by atoms with Crippen LogP contribution in [0.3, 0.4) is 0 Å². The first-order valence-corrected chi connectivity index (χ1v) is 5.90. The van der Waals surface area contributed by atoms with Crippen molar-refractivity contribution in [2.24, 2.45) is 10.8 Å². The molecule has 0 aliphatic carbocycles. The molecule has 1 nitrogen and oxygen atoms in total.